The third kappa shape index (κ3) is 3.02. The number of anilines is 1. The highest BCUT2D eigenvalue weighted by Crippen LogP contribution is 2.32. The Hall–Kier alpha value is -2.31. The van der Waals surface area contributed by atoms with E-state index in [4.69, 9.17) is 16.3 Å². The molecule has 0 fully saturated rings. The maximum atomic E-state index is 12.6. The number of halogens is 1. The second-order valence-electron chi connectivity index (χ2n) is 5.20. The van der Waals surface area contributed by atoms with E-state index in [1.165, 1.54) is 18.4 Å². The first-order chi connectivity index (χ1) is 11.5. The van der Waals surface area contributed by atoms with Gasteiger partial charge in [-0.1, -0.05) is 29.8 Å². The summed E-state index contributed by atoms with van der Waals surface area (Å²) in [5.41, 5.74) is 1.87. The topological polar surface area (TPSA) is 51.5 Å². The van der Waals surface area contributed by atoms with Crippen LogP contribution in [0.5, 0.6) is 0 Å². The van der Waals surface area contributed by atoms with Crippen LogP contribution in [0.1, 0.15) is 10.5 Å². The lowest BCUT2D eigenvalue weighted by molar-refractivity contribution is -0.118. The number of hydrogen-bond acceptors (Lipinski definition) is 4. The van der Waals surface area contributed by atoms with Gasteiger partial charge >= 0.3 is 5.97 Å². The van der Waals surface area contributed by atoms with E-state index < -0.39 is 5.97 Å². The standard InChI is InChI=1S/C17H15ClN2O3S/c1-19(11-6-4-3-5-7-11)16(21)10-20-12-9-15(18)24-14(12)8-13(20)17(22)23-2/h3-9H,10H2,1-2H3. The molecule has 1 amide bonds. The third-order valence-electron chi connectivity index (χ3n) is 3.77. The summed E-state index contributed by atoms with van der Waals surface area (Å²) in [6.45, 7) is 0.0202. The fraction of sp³-hybridized carbons (Fsp3) is 0.176. The number of ether oxygens (including phenoxy) is 1. The molecule has 0 aliphatic rings. The van der Waals surface area contributed by atoms with Crippen molar-refractivity contribution in [2.24, 2.45) is 0 Å². The zero-order valence-electron chi connectivity index (χ0n) is 13.2. The molecule has 5 nitrogen and oxygen atoms in total. The van der Waals surface area contributed by atoms with Crippen LogP contribution in [0.3, 0.4) is 0 Å². The SMILES string of the molecule is COC(=O)c1cc2sc(Cl)cc2n1CC(=O)N(C)c1ccccc1. The molecule has 24 heavy (non-hydrogen) atoms. The molecule has 3 aromatic rings. The normalized spacial score (nSPS) is 10.8. The summed E-state index contributed by atoms with van der Waals surface area (Å²) in [6.07, 6.45) is 0. The number of fused-ring (bicyclic) bond motifs is 1. The second kappa shape index (κ2) is 6.67. The molecule has 0 bridgehead atoms. The second-order valence-corrected chi connectivity index (χ2v) is 6.91. The van der Waals surface area contributed by atoms with Crippen LogP contribution in [-0.2, 0) is 16.1 Å². The van der Waals surface area contributed by atoms with Gasteiger partial charge in [0.05, 0.1) is 21.7 Å². The predicted octanol–water partition coefficient (Wildman–Crippen LogP) is 3.81. The van der Waals surface area contributed by atoms with Crippen molar-refractivity contribution in [3.05, 3.63) is 52.5 Å². The van der Waals surface area contributed by atoms with Crippen LogP contribution in [0.25, 0.3) is 10.2 Å². The summed E-state index contributed by atoms with van der Waals surface area (Å²) < 4.78 is 7.91. The zero-order chi connectivity index (χ0) is 17.3. The number of carbonyl (C=O) groups excluding carboxylic acids is 2. The van der Waals surface area contributed by atoms with Crippen molar-refractivity contribution in [2.75, 3.05) is 19.1 Å². The summed E-state index contributed by atoms with van der Waals surface area (Å²) in [6, 6.07) is 12.8. The van der Waals surface area contributed by atoms with Crippen molar-refractivity contribution in [2.45, 2.75) is 6.54 Å². The number of amides is 1. The van der Waals surface area contributed by atoms with Crippen LogP contribution in [0.4, 0.5) is 5.69 Å². The van der Waals surface area contributed by atoms with E-state index in [1.54, 1.807) is 28.6 Å². The molecule has 0 radical (unpaired) electrons. The van der Waals surface area contributed by atoms with Gasteiger partial charge in [0.1, 0.15) is 12.2 Å². The van der Waals surface area contributed by atoms with Gasteiger partial charge in [0, 0.05) is 12.7 Å². The van der Waals surface area contributed by atoms with Gasteiger partial charge in [-0.2, -0.15) is 0 Å². The molecule has 1 aromatic carbocycles. The van der Waals surface area contributed by atoms with Gasteiger partial charge in [0.25, 0.3) is 0 Å². The van der Waals surface area contributed by atoms with Crippen LogP contribution >= 0.6 is 22.9 Å². The van der Waals surface area contributed by atoms with Crippen LogP contribution < -0.4 is 4.90 Å². The Morgan fingerprint density at radius 3 is 2.62 bits per heavy atom. The van der Waals surface area contributed by atoms with Crippen LogP contribution in [0.2, 0.25) is 4.34 Å². The average Bonchev–Trinajstić information content (AvgIpc) is 3.11. The number of methoxy groups -OCH3 is 1. The Labute approximate surface area is 148 Å². The highest BCUT2D eigenvalue weighted by atomic mass is 35.5. The largest absolute Gasteiger partial charge is 0.464 e. The molecule has 2 heterocycles. The number of aromatic nitrogens is 1. The van der Waals surface area contributed by atoms with Gasteiger partial charge in [-0.25, -0.2) is 4.79 Å². The molecule has 7 heteroatoms. The Bertz CT molecular complexity index is 901. The molecule has 0 N–H and O–H groups in total. The first kappa shape index (κ1) is 16.5. The van der Waals surface area contributed by atoms with Gasteiger partial charge < -0.3 is 14.2 Å². The molecular formula is C17H15ClN2O3S. The first-order valence-electron chi connectivity index (χ1n) is 7.19. The fourth-order valence-corrected chi connectivity index (χ4v) is 3.67. The van der Waals surface area contributed by atoms with Gasteiger partial charge in [0.15, 0.2) is 0 Å². The summed E-state index contributed by atoms with van der Waals surface area (Å²) in [5, 5.41) is 0. The van der Waals surface area contributed by atoms with Crippen molar-refractivity contribution in [3.8, 4) is 0 Å². The molecule has 0 aliphatic carbocycles. The number of para-hydroxylation sites is 1. The lowest BCUT2D eigenvalue weighted by Crippen LogP contribution is -2.30. The summed E-state index contributed by atoms with van der Waals surface area (Å²) >= 11 is 7.41. The highest BCUT2D eigenvalue weighted by Gasteiger charge is 2.21. The smallest absolute Gasteiger partial charge is 0.354 e. The first-order valence-corrected chi connectivity index (χ1v) is 8.39. The summed E-state index contributed by atoms with van der Waals surface area (Å²) in [7, 11) is 3.02. The van der Waals surface area contributed by atoms with E-state index >= 15 is 0 Å². The highest BCUT2D eigenvalue weighted by molar-refractivity contribution is 7.22. The monoisotopic (exact) mass is 362 g/mol. The minimum absolute atomic E-state index is 0.0202. The molecule has 0 atom stereocenters. The number of likely N-dealkylation sites (N-methyl/N-ethyl adjacent to an activating group) is 1. The van der Waals surface area contributed by atoms with Gasteiger partial charge in [-0.05, 0) is 24.3 Å². The molecule has 2 aromatic heterocycles. The van der Waals surface area contributed by atoms with Crippen LogP contribution in [0, 0.1) is 0 Å². The van der Waals surface area contributed by atoms with Crippen molar-refractivity contribution in [1.82, 2.24) is 4.57 Å². The van der Waals surface area contributed by atoms with E-state index in [0.29, 0.717) is 10.0 Å². The van der Waals surface area contributed by atoms with Gasteiger partial charge in [0.2, 0.25) is 5.91 Å². The van der Waals surface area contributed by atoms with Crippen molar-refractivity contribution in [3.63, 3.8) is 0 Å². The van der Waals surface area contributed by atoms with Gasteiger partial charge in [-0.3, -0.25) is 4.79 Å². The minimum atomic E-state index is -0.482. The lowest BCUT2D eigenvalue weighted by atomic mass is 10.3. The number of esters is 1. The molecule has 0 saturated heterocycles. The number of carbonyl (C=O) groups is 2. The maximum absolute atomic E-state index is 12.6. The van der Waals surface area contributed by atoms with Crippen molar-refractivity contribution >= 4 is 50.7 Å². The number of thiophene rings is 1. The average molecular weight is 363 g/mol. The molecule has 3 rings (SSSR count). The molecule has 0 aliphatic heterocycles. The third-order valence-corrected chi connectivity index (χ3v) is 4.97. The van der Waals surface area contributed by atoms with E-state index in [0.717, 1.165) is 15.9 Å². The van der Waals surface area contributed by atoms with E-state index in [1.807, 2.05) is 30.3 Å². The van der Waals surface area contributed by atoms with Crippen LogP contribution in [-0.4, -0.2) is 30.6 Å². The van der Waals surface area contributed by atoms with Crippen molar-refractivity contribution < 1.29 is 14.3 Å². The summed E-state index contributed by atoms with van der Waals surface area (Å²) in [4.78, 5) is 26.2. The maximum Gasteiger partial charge on any atom is 0.354 e. The molecule has 0 spiro atoms. The van der Waals surface area contributed by atoms with Crippen molar-refractivity contribution in [1.29, 1.82) is 0 Å². The zero-order valence-corrected chi connectivity index (χ0v) is 14.7. The predicted molar refractivity (Wildman–Crippen MR) is 96.0 cm³/mol. The molecule has 0 saturated carbocycles. The van der Waals surface area contributed by atoms with E-state index in [2.05, 4.69) is 0 Å². The Kier molecular flexibility index (Phi) is 4.59. The number of rotatable bonds is 4. The van der Waals surface area contributed by atoms with Gasteiger partial charge in [-0.15, -0.1) is 11.3 Å². The summed E-state index contributed by atoms with van der Waals surface area (Å²) in [5.74, 6) is -0.629. The number of nitrogens with zero attached hydrogens (tertiary/aromatic N) is 2. The Morgan fingerprint density at radius 2 is 1.96 bits per heavy atom. The fourth-order valence-electron chi connectivity index (χ4n) is 2.49. The minimum Gasteiger partial charge on any atom is -0.464 e. The van der Waals surface area contributed by atoms with Crippen LogP contribution in [0.15, 0.2) is 42.5 Å². The Morgan fingerprint density at radius 1 is 1.25 bits per heavy atom. The molecule has 0 unspecified atom stereocenters. The number of benzene rings is 1. The quantitative estimate of drug-likeness (QED) is 0.663. The lowest BCUT2D eigenvalue weighted by Gasteiger charge is -2.18. The van der Waals surface area contributed by atoms with E-state index in [9.17, 15) is 9.59 Å². The van der Waals surface area contributed by atoms with E-state index in [-0.39, 0.29) is 12.5 Å². The molecule has 124 valence electrons. The molecular weight excluding hydrogens is 348 g/mol. The number of hydrogen-bond donors (Lipinski definition) is 0. The Balaban J connectivity index is 1.96.